The van der Waals surface area contributed by atoms with Crippen molar-refractivity contribution in [2.45, 2.75) is 33.2 Å². The number of amides is 1. The van der Waals surface area contributed by atoms with Gasteiger partial charge < -0.3 is 19.1 Å². The van der Waals surface area contributed by atoms with Gasteiger partial charge in [-0.15, -0.1) is 0 Å². The standard InChI is InChI=1S/C21H26NO5P/c1-16-8-7-11-18(12-16)19(28(24)26-14-21(2,3)15-27-28)22-20(23)25-13-17-9-5-4-6-10-17/h4-12,19H,13-15H2,1-3H3,(H,22,23). The molecule has 0 radical (unpaired) electrons. The van der Waals surface area contributed by atoms with E-state index in [2.05, 4.69) is 5.32 Å². The molecule has 0 aromatic heterocycles. The Labute approximate surface area is 165 Å². The van der Waals surface area contributed by atoms with Crippen LogP contribution in [-0.2, 0) is 25.0 Å². The lowest BCUT2D eigenvalue weighted by atomic mass is 9.97. The quantitative estimate of drug-likeness (QED) is 0.696. The van der Waals surface area contributed by atoms with Gasteiger partial charge in [0, 0.05) is 5.41 Å². The number of hydrogen-bond donors (Lipinski definition) is 1. The fourth-order valence-electron chi connectivity index (χ4n) is 2.82. The van der Waals surface area contributed by atoms with Crippen molar-refractivity contribution in [1.82, 2.24) is 5.32 Å². The lowest BCUT2D eigenvalue weighted by molar-refractivity contribution is 0.0360. The molecule has 2 aromatic rings. The summed E-state index contributed by atoms with van der Waals surface area (Å²) in [5.41, 5.74) is 2.26. The zero-order chi connectivity index (χ0) is 20.2. The topological polar surface area (TPSA) is 73.9 Å². The summed E-state index contributed by atoms with van der Waals surface area (Å²) in [6.07, 6.45) is -0.678. The van der Waals surface area contributed by atoms with Gasteiger partial charge in [0.2, 0.25) is 0 Å². The maximum atomic E-state index is 13.4. The summed E-state index contributed by atoms with van der Waals surface area (Å²) < 4.78 is 30.1. The monoisotopic (exact) mass is 403 g/mol. The van der Waals surface area contributed by atoms with E-state index in [0.717, 1.165) is 11.1 Å². The zero-order valence-electron chi connectivity index (χ0n) is 16.4. The molecule has 0 aliphatic carbocycles. The second-order valence-electron chi connectivity index (χ2n) is 7.77. The second-order valence-corrected chi connectivity index (χ2v) is 9.89. The van der Waals surface area contributed by atoms with Gasteiger partial charge in [-0.2, -0.15) is 0 Å². The molecule has 28 heavy (non-hydrogen) atoms. The van der Waals surface area contributed by atoms with Gasteiger partial charge in [0.25, 0.3) is 0 Å². The summed E-state index contributed by atoms with van der Waals surface area (Å²) in [5.74, 6) is -0.938. The van der Waals surface area contributed by atoms with Crippen LogP contribution in [-0.4, -0.2) is 19.3 Å². The number of alkyl carbamates (subject to hydrolysis) is 1. The van der Waals surface area contributed by atoms with E-state index in [1.54, 1.807) is 6.07 Å². The molecule has 2 aromatic carbocycles. The molecule has 1 aliphatic rings. The SMILES string of the molecule is Cc1cccc(C(NC(=O)OCc2ccccc2)P2(=O)OCC(C)(C)CO2)c1. The molecule has 1 N–H and O–H groups in total. The molecule has 1 atom stereocenters. The van der Waals surface area contributed by atoms with E-state index in [-0.39, 0.29) is 25.2 Å². The fourth-order valence-corrected chi connectivity index (χ4v) is 5.04. The Morgan fingerprint density at radius 2 is 1.82 bits per heavy atom. The highest BCUT2D eigenvalue weighted by Gasteiger charge is 2.44. The third-order valence-corrected chi connectivity index (χ3v) is 6.45. The molecule has 6 nitrogen and oxygen atoms in total. The minimum absolute atomic E-state index is 0.117. The number of benzene rings is 2. The van der Waals surface area contributed by atoms with Crippen LogP contribution in [0.3, 0.4) is 0 Å². The van der Waals surface area contributed by atoms with Crippen molar-refractivity contribution < 1.29 is 23.1 Å². The summed E-state index contributed by atoms with van der Waals surface area (Å²) in [6, 6.07) is 16.8. The number of carbonyl (C=O) groups excluding carboxylic acids is 1. The van der Waals surface area contributed by atoms with Gasteiger partial charge in [-0.3, -0.25) is 4.57 Å². The number of hydrogen-bond acceptors (Lipinski definition) is 5. The molecule has 1 aliphatic heterocycles. The van der Waals surface area contributed by atoms with Crippen LogP contribution in [0.25, 0.3) is 0 Å². The van der Waals surface area contributed by atoms with E-state index < -0.39 is 19.5 Å². The average Bonchev–Trinajstić information content (AvgIpc) is 2.68. The van der Waals surface area contributed by atoms with Gasteiger partial charge in [0.1, 0.15) is 6.61 Å². The van der Waals surface area contributed by atoms with Gasteiger partial charge in [-0.1, -0.05) is 74.0 Å². The summed E-state index contributed by atoms with van der Waals surface area (Å²) in [6.45, 7) is 6.56. The molecule has 1 fully saturated rings. The summed E-state index contributed by atoms with van der Waals surface area (Å²) in [7, 11) is -3.61. The molecule has 0 bridgehead atoms. The normalized spacial score (nSPS) is 18.8. The van der Waals surface area contributed by atoms with E-state index in [1.165, 1.54) is 0 Å². The maximum Gasteiger partial charge on any atom is 0.408 e. The largest absolute Gasteiger partial charge is 0.445 e. The molecular weight excluding hydrogens is 377 g/mol. The van der Waals surface area contributed by atoms with Gasteiger partial charge in [-0.05, 0) is 18.1 Å². The Morgan fingerprint density at radius 1 is 1.14 bits per heavy atom. The second kappa shape index (κ2) is 8.48. The highest BCUT2D eigenvalue weighted by molar-refractivity contribution is 7.54. The van der Waals surface area contributed by atoms with Crippen LogP contribution in [0.2, 0.25) is 0 Å². The van der Waals surface area contributed by atoms with Gasteiger partial charge in [0.05, 0.1) is 13.2 Å². The minimum Gasteiger partial charge on any atom is -0.445 e. The summed E-state index contributed by atoms with van der Waals surface area (Å²) in [5, 5.41) is 2.69. The number of ether oxygens (including phenoxy) is 1. The van der Waals surface area contributed by atoms with Crippen LogP contribution < -0.4 is 5.32 Å². The van der Waals surface area contributed by atoms with Crippen LogP contribution in [0.1, 0.15) is 36.3 Å². The molecule has 0 spiro atoms. The van der Waals surface area contributed by atoms with E-state index in [1.807, 2.05) is 69.3 Å². The average molecular weight is 403 g/mol. The maximum absolute atomic E-state index is 13.4. The Balaban J connectivity index is 1.77. The molecular formula is C21H26NO5P. The third-order valence-electron chi connectivity index (χ3n) is 4.41. The molecule has 1 unspecified atom stereocenters. The van der Waals surface area contributed by atoms with E-state index >= 15 is 0 Å². The van der Waals surface area contributed by atoms with E-state index in [0.29, 0.717) is 5.56 Å². The Bertz CT molecular complexity index is 854. The first kappa shape index (κ1) is 20.6. The van der Waals surface area contributed by atoms with Crippen molar-refractivity contribution in [3.63, 3.8) is 0 Å². The number of nitrogens with one attached hydrogen (secondary N) is 1. The van der Waals surface area contributed by atoms with Crippen molar-refractivity contribution in [3.8, 4) is 0 Å². The smallest absolute Gasteiger partial charge is 0.408 e. The summed E-state index contributed by atoms with van der Waals surface area (Å²) in [4.78, 5) is 12.4. The van der Waals surface area contributed by atoms with Crippen molar-refractivity contribution in [1.29, 1.82) is 0 Å². The van der Waals surface area contributed by atoms with Crippen LogP contribution in [0.4, 0.5) is 4.79 Å². The third kappa shape index (κ3) is 5.22. The molecule has 1 heterocycles. The number of aryl methyl sites for hydroxylation is 1. The first-order valence-electron chi connectivity index (χ1n) is 9.20. The van der Waals surface area contributed by atoms with E-state index in [4.69, 9.17) is 13.8 Å². The Hall–Kier alpha value is -2.14. The summed E-state index contributed by atoms with van der Waals surface area (Å²) >= 11 is 0. The van der Waals surface area contributed by atoms with Crippen LogP contribution in [0, 0.1) is 12.3 Å². The first-order valence-corrected chi connectivity index (χ1v) is 10.8. The zero-order valence-corrected chi connectivity index (χ0v) is 17.3. The number of carbonyl (C=O) groups is 1. The molecule has 3 rings (SSSR count). The lowest BCUT2D eigenvalue weighted by Gasteiger charge is -2.37. The van der Waals surface area contributed by atoms with Crippen molar-refractivity contribution in [3.05, 3.63) is 71.3 Å². The highest BCUT2D eigenvalue weighted by Crippen LogP contribution is 2.63. The Kier molecular flexibility index (Phi) is 6.23. The highest BCUT2D eigenvalue weighted by atomic mass is 31.2. The van der Waals surface area contributed by atoms with Crippen molar-refractivity contribution in [2.75, 3.05) is 13.2 Å². The molecule has 7 heteroatoms. The van der Waals surface area contributed by atoms with Crippen LogP contribution in [0.15, 0.2) is 54.6 Å². The fraction of sp³-hybridized carbons (Fsp3) is 0.381. The molecule has 150 valence electrons. The van der Waals surface area contributed by atoms with E-state index in [9.17, 15) is 9.36 Å². The lowest BCUT2D eigenvalue weighted by Crippen LogP contribution is -2.35. The molecule has 1 saturated heterocycles. The van der Waals surface area contributed by atoms with Gasteiger partial charge >= 0.3 is 13.7 Å². The molecule has 1 amide bonds. The predicted octanol–water partition coefficient (Wildman–Crippen LogP) is 5.19. The molecule has 0 saturated carbocycles. The predicted molar refractivity (Wildman–Crippen MR) is 107 cm³/mol. The minimum atomic E-state index is -3.61. The van der Waals surface area contributed by atoms with Crippen molar-refractivity contribution >= 4 is 13.7 Å². The Morgan fingerprint density at radius 3 is 2.46 bits per heavy atom. The first-order chi connectivity index (χ1) is 13.3. The number of rotatable bonds is 5. The van der Waals surface area contributed by atoms with Crippen molar-refractivity contribution in [2.24, 2.45) is 5.41 Å². The van der Waals surface area contributed by atoms with Crippen LogP contribution in [0.5, 0.6) is 0 Å². The van der Waals surface area contributed by atoms with Crippen LogP contribution >= 0.6 is 7.60 Å². The van der Waals surface area contributed by atoms with Gasteiger partial charge in [0.15, 0.2) is 5.78 Å². The van der Waals surface area contributed by atoms with Gasteiger partial charge in [-0.25, -0.2) is 4.79 Å².